The molecule has 1 aromatic heterocycles. The highest BCUT2D eigenvalue weighted by Crippen LogP contribution is 2.41. The summed E-state index contributed by atoms with van der Waals surface area (Å²) in [6.07, 6.45) is 6.26. The number of hydrogen-bond donors (Lipinski definition) is 1. The number of thioether (sulfide) groups is 1. The van der Waals surface area contributed by atoms with E-state index < -0.39 is 6.04 Å². The fourth-order valence-corrected chi connectivity index (χ4v) is 4.38. The molecule has 2 aliphatic rings. The van der Waals surface area contributed by atoms with E-state index in [1.807, 2.05) is 20.2 Å². The zero-order chi connectivity index (χ0) is 18.0. The van der Waals surface area contributed by atoms with Gasteiger partial charge in [0.05, 0.1) is 11.8 Å². The molecule has 0 spiro atoms. The van der Waals surface area contributed by atoms with E-state index >= 15 is 0 Å². The van der Waals surface area contributed by atoms with Gasteiger partial charge >= 0.3 is 0 Å². The Morgan fingerprint density at radius 2 is 1.88 bits per heavy atom. The SMILES string of the molecule is CNC(C)Cc1noc(C(CSC)N2C(=O)C3CCCCC3C2=O)n1.Cl. The third kappa shape index (κ3) is 4.07. The summed E-state index contributed by atoms with van der Waals surface area (Å²) in [4.78, 5) is 31.6. The number of likely N-dealkylation sites (tertiary alicyclic amines) is 1. The van der Waals surface area contributed by atoms with E-state index in [1.54, 1.807) is 11.8 Å². The molecule has 1 aliphatic carbocycles. The second-order valence-electron chi connectivity index (χ2n) is 6.96. The molecule has 9 heteroatoms. The molecule has 7 nitrogen and oxygen atoms in total. The monoisotopic (exact) mass is 402 g/mol. The number of amides is 2. The number of rotatable bonds is 7. The van der Waals surface area contributed by atoms with E-state index in [4.69, 9.17) is 4.52 Å². The third-order valence-electron chi connectivity index (χ3n) is 5.26. The Labute approximate surface area is 164 Å². The summed E-state index contributed by atoms with van der Waals surface area (Å²) in [6.45, 7) is 2.04. The number of carbonyl (C=O) groups is 2. The third-order valence-corrected chi connectivity index (χ3v) is 5.91. The van der Waals surface area contributed by atoms with E-state index in [0.717, 1.165) is 25.7 Å². The van der Waals surface area contributed by atoms with Crippen LogP contribution in [0.1, 0.15) is 50.4 Å². The van der Waals surface area contributed by atoms with Crippen LogP contribution in [0.25, 0.3) is 0 Å². The Balaban J connectivity index is 0.00000243. The molecule has 2 heterocycles. The molecule has 0 bridgehead atoms. The largest absolute Gasteiger partial charge is 0.337 e. The van der Waals surface area contributed by atoms with Gasteiger partial charge in [-0.25, -0.2) is 0 Å². The van der Waals surface area contributed by atoms with Crippen molar-refractivity contribution in [3.05, 3.63) is 11.7 Å². The van der Waals surface area contributed by atoms with Gasteiger partial charge in [0.25, 0.3) is 5.89 Å². The summed E-state index contributed by atoms with van der Waals surface area (Å²) in [7, 11) is 1.88. The number of carbonyl (C=O) groups excluding carboxylic acids is 2. The number of fused-ring (bicyclic) bond motifs is 1. The summed E-state index contributed by atoms with van der Waals surface area (Å²) < 4.78 is 5.44. The first-order chi connectivity index (χ1) is 12.1. The summed E-state index contributed by atoms with van der Waals surface area (Å²) in [6, 6.07) is -0.242. The molecule has 4 atom stereocenters. The Morgan fingerprint density at radius 3 is 2.42 bits per heavy atom. The van der Waals surface area contributed by atoms with Gasteiger partial charge < -0.3 is 9.84 Å². The zero-order valence-corrected chi connectivity index (χ0v) is 17.1. The van der Waals surface area contributed by atoms with E-state index in [0.29, 0.717) is 23.9 Å². The average Bonchev–Trinajstić information content (AvgIpc) is 3.17. The van der Waals surface area contributed by atoms with Gasteiger partial charge in [0.1, 0.15) is 6.04 Å². The number of nitrogens with zero attached hydrogens (tertiary/aromatic N) is 3. The Kier molecular flexibility index (Phi) is 7.49. The van der Waals surface area contributed by atoms with Crippen LogP contribution >= 0.6 is 24.2 Å². The van der Waals surface area contributed by atoms with E-state index in [9.17, 15) is 9.59 Å². The molecule has 4 unspecified atom stereocenters. The maximum Gasteiger partial charge on any atom is 0.250 e. The Bertz CT molecular complexity index is 617. The average molecular weight is 403 g/mol. The van der Waals surface area contributed by atoms with Crippen molar-refractivity contribution in [1.82, 2.24) is 20.4 Å². The summed E-state index contributed by atoms with van der Waals surface area (Å²) in [5.74, 6) is 1.11. The van der Waals surface area contributed by atoms with Crippen LogP contribution in [0, 0.1) is 11.8 Å². The topological polar surface area (TPSA) is 88.3 Å². The number of likely N-dealkylation sites (N-methyl/N-ethyl adjacent to an activating group) is 1. The Hall–Kier alpha value is -1.12. The minimum atomic E-state index is -0.466. The van der Waals surface area contributed by atoms with Crippen molar-refractivity contribution < 1.29 is 14.1 Å². The van der Waals surface area contributed by atoms with Crippen LogP contribution < -0.4 is 5.32 Å². The number of nitrogens with one attached hydrogen (secondary N) is 1. The predicted molar refractivity (Wildman–Crippen MR) is 102 cm³/mol. The lowest BCUT2D eigenvalue weighted by Gasteiger charge is -2.22. The van der Waals surface area contributed by atoms with Crippen LogP contribution in [0.15, 0.2) is 4.52 Å². The normalized spacial score (nSPS) is 25.0. The molecule has 0 radical (unpaired) electrons. The molecule has 1 aliphatic heterocycles. The molecule has 2 amide bonds. The predicted octanol–water partition coefficient (Wildman–Crippen LogP) is 2.22. The molecule has 2 fully saturated rings. The van der Waals surface area contributed by atoms with Crippen LogP contribution in [0.4, 0.5) is 0 Å². The maximum atomic E-state index is 12.9. The van der Waals surface area contributed by atoms with Gasteiger partial charge in [0.15, 0.2) is 5.82 Å². The lowest BCUT2D eigenvalue weighted by molar-refractivity contribution is -0.142. The molecule has 1 saturated heterocycles. The molecule has 3 rings (SSSR count). The van der Waals surface area contributed by atoms with Gasteiger partial charge in [0.2, 0.25) is 11.8 Å². The fourth-order valence-electron chi connectivity index (χ4n) is 3.77. The number of imide groups is 1. The van der Waals surface area contributed by atoms with Crippen molar-refractivity contribution in [2.75, 3.05) is 19.1 Å². The van der Waals surface area contributed by atoms with Gasteiger partial charge in [-0.15, -0.1) is 12.4 Å². The van der Waals surface area contributed by atoms with Crippen LogP contribution in [-0.4, -0.2) is 52.0 Å². The van der Waals surface area contributed by atoms with Gasteiger partial charge in [-0.1, -0.05) is 18.0 Å². The second kappa shape index (κ2) is 9.19. The molecule has 1 aromatic rings. The summed E-state index contributed by atoms with van der Waals surface area (Å²) >= 11 is 1.57. The van der Waals surface area contributed by atoms with Crippen LogP contribution in [-0.2, 0) is 16.0 Å². The first kappa shape index (κ1) is 21.2. The number of aromatic nitrogens is 2. The highest BCUT2D eigenvalue weighted by atomic mass is 35.5. The van der Waals surface area contributed by atoms with Gasteiger partial charge in [-0.3, -0.25) is 14.5 Å². The maximum absolute atomic E-state index is 12.9. The molecule has 0 aromatic carbocycles. The van der Waals surface area contributed by atoms with E-state index in [-0.39, 0.29) is 42.1 Å². The van der Waals surface area contributed by atoms with Crippen molar-refractivity contribution in [2.24, 2.45) is 11.8 Å². The van der Waals surface area contributed by atoms with Crippen LogP contribution in [0.2, 0.25) is 0 Å². The molecule has 1 N–H and O–H groups in total. The second-order valence-corrected chi connectivity index (χ2v) is 7.87. The van der Waals surface area contributed by atoms with Crippen LogP contribution in [0.3, 0.4) is 0 Å². The minimum absolute atomic E-state index is 0. The standard InChI is InChI=1S/C17H26N4O3S.ClH/c1-10(18-2)8-14-19-15(24-20-14)13(9-25-3)21-16(22)11-6-4-5-7-12(11)17(21)23;/h10-13,18H,4-9H2,1-3H3;1H. The molecule has 146 valence electrons. The smallest absolute Gasteiger partial charge is 0.250 e. The lowest BCUT2D eigenvalue weighted by Crippen LogP contribution is -2.36. The first-order valence-corrected chi connectivity index (χ1v) is 10.3. The highest BCUT2D eigenvalue weighted by molar-refractivity contribution is 7.98. The van der Waals surface area contributed by atoms with Crippen molar-refractivity contribution in [3.8, 4) is 0 Å². The van der Waals surface area contributed by atoms with Crippen molar-refractivity contribution in [2.45, 2.75) is 51.1 Å². The van der Waals surface area contributed by atoms with Crippen LogP contribution in [0.5, 0.6) is 0 Å². The van der Waals surface area contributed by atoms with Crippen molar-refractivity contribution >= 4 is 36.0 Å². The zero-order valence-electron chi connectivity index (χ0n) is 15.4. The van der Waals surface area contributed by atoms with Gasteiger partial charge in [0, 0.05) is 18.2 Å². The first-order valence-electron chi connectivity index (χ1n) is 8.92. The molecule has 26 heavy (non-hydrogen) atoms. The Morgan fingerprint density at radius 1 is 1.27 bits per heavy atom. The number of hydrogen-bond acceptors (Lipinski definition) is 7. The van der Waals surface area contributed by atoms with Gasteiger partial charge in [-0.05, 0) is 33.1 Å². The van der Waals surface area contributed by atoms with E-state index in [2.05, 4.69) is 15.5 Å². The van der Waals surface area contributed by atoms with Crippen molar-refractivity contribution in [3.63, 3.8) is 0 Å². The molecule has 1 saturated carbocycles. The van der Waals surface area contributed by atoms with Gasteiger partial charge in [-0.2, -0.15) is 16.7 Å². The van der Waals surface area contributed by atoms with Crippen molar-refractivity contribution in [1.29, 1.82) is 0 Å². The summed E-state index contributed by atoms with van der Waals surface area (Å²) in [5.41, 5.74) is 0. The van der Waals surface area contributed by atoms with E-state index in [1.165, 1.54) is 4.90 Å². The lowest BCUT2D eigenvalue weighted by atomic mass is 9.81. The fraction of sp³-hybridized carbons (Fsp3) is 0.765. The molecular weight excluding hydrogens is 376 g/mol. The highest BCUT2D eigenvalue weighted by Gasteiger charge is 2.51. The summed E-state index contributed by atoms with van der Waals surface area (Å²) in [5, 5.41) is 7.17. The minimum Gasteiger partial charge on any atom is -0.337 e. The quantitative estimate of drug-likeness (QED) is 0.699. The molecular formula is C17H27ClN4O3S. The number of halogens is 1.